The Hall–Kier alpha value is -3.16. The van der Waals surface area contributed by atoms with E-state index in [-0.39, 0.29) is 17.1 Å². The molecule has 2 aromatic carbocycles. The molecule has 8 heteroatoms. The minimum atomic E-state index is -0.588. The fraction of sp³-hybridized carbons (Fsp3) is 0.0769. The molecule has 2 rings (SSSR count). The van der Waals surface area contributed by atoms with Crippen LogP contribution in [0.15, 0.2) is 36.4 Å². The van der Waals surface area contributed by atoms with Gasteiger partial charge in [0.1, 0.15) is 11.4 Å². The van der Waals surface area contributed by atoms with Crippen LogP contribution < -0.4 is 11.1 Å². The number of hydrogen-bond donors (Lipinski definition) is 2. The zero-order chi connectivity index (χ0) is 15.6. The summed E-state index contributed by atoms with van der Waals surface area (Å²) in [4.78, 5) is 20.8. The third-order valence-electron chi connectivity index (χ3n) is 3.02. The Bertz CT molecular complexity index is 730. The molecule has 0 saturated carbocycles. The summed E-state index contributed by atoms with van der Waals surface area (Å²) in [5.74, 6) is 0. The lowest BCUT2D eigenvalue weighted by molar-refractivity contribution is -0.384. The quantitative estimate of drug-likeness (QED) is 0.506. The summed E-state index contributed by atoms with van der Waals surface area (Å²) in [7, 11) is 1.58. The minimum Gasteiger partial charge on any atom is -0.393 e. The highest BCUT2D eigenvalue weighted by Gasteiger charge is 2.17. The summed E-state index contributed by atoms with van der Waals surface area (Å²) in [6, 6.07) is 8.85. The van der Waals surface area contributed by atoms with Crippen LogP contribution in [-0.4, -0.2) is 16.9 Å². The normalized spacial score (nSPS) is 10.1. The zero-order valence-corrected chi connectivity index (χ0v) is 11.1. The van der Waals surface area contributed by atoms with E-state index in [1.807, 2.05) is 0 Å². The number of anilines is 2. The summed E-state index contributed by atoms with van der Waals surface area (Å²) in [5.41, 5.74) is 6.61. The predicted molar refractivity (Wildman–Crippen MR) is 79.1 cm³/mol. The molecule has 8 nitrogen and oxygen atoms in total. The van der Waals surface area contributed by atoms with Gasteiger partial charge in [-0.15, -0.1) is 0 Å². The van der Waals surface area contributed by atoms with E-state index in [4.69, 9.17) is 5.73 Å². The van der Waals surface area contributed by atoms with Crippen molar-refractivity contribution in [1.82, 2.24) is 0 Å². The van der Waals surface area contributed by atoms with Crippen molar-refractivity contribution in [3.05, 3.63) is 56.6 Å². The molecule has 0 aromatic heterocycles. The number of nitro benzene ring substituents is 2. The van der Waals surface area contributed by atoms with Crippen molar-refractivity contribution < 1.29 is 9.85 Å². The Morgan fingerprint density at radius 3 is 2.00 bits per heavy atom. The second-order valence-electron chi connectivity index (χ2n) is 4.27. The lowest BCUT2D eigenvalue weighted by Gasteiger charge is -2.06. The Balaban J connectivity index is 2.57. The van der Waals surface area contributed by atoms with E-state index in [0.717, 1.165) is 0 Å². The number of nitrogens with two attached hydrogens (primary N) is 1. The van der Waals surface area contributed by atoms with E-state index < -0.39 is 9.85 Å². The number of nitro groups is 2. The molecule has 0 aliphatic heterocycles. The number of benzene rings is 2. The molecule has 0 radical (unpaired) electrons. The van der Waals surface area contributed by atoms with Gasteiger partial charge in [0.25, 0.3) is 11.4 Å². The molecule has 0 fully saturated rings. The average molecular weight is 288 g/mol. The van der Waals surface area contributed by atoms with E-state index in [1.165, 1.54) is 18.2 Å². The number of nitrogens with one attached hydrogen (secondary N) is 1. The third-order valence-corrected chi connectivity index (χ3v) is 3.02. The Labute approximate surface area is 119 Å². The third kappa shape index (κ3) is 2.73. The summed E-state index contributed by atoms with van der Waals surface area (Å²) < 4.78 is 0. The van der Waals surface area contributed by atoms with Gasteiger partial charge in [0.15, 0.2) is 0 Å². The van der Waals surface area contributed by atoms with Crippen LogP contribution in [0.4, 0.5) is 22.7 Å². The van der Waals surface area contributed by atoms with Crippen molar-refractivity contribution in [3.63, 3.8) is 0 Å². The molecule has 0 aliphatic carbocycles. The lowest BCUT2D eigenvalue weighted by atomic mass is 10.0. The van der Waals surface area contributed by atoms with Gasteiger partial charge in [-0.3, -0.25) is 20.2 Å². The van der Waals surface area contributed by atoms with Crippen LogP contribution in [0.25, 0.3) is 11.1 Å². The lowest BCUT2D eigenvalue weighted by Crippen LogP contribution is -1.98. The van der Waals surface area contributed by atoms with Crippen molar-refractivity contribution in [2.45, 2.75) is 0 Å². The van der Waals surface area contributed by atoms with Gasteiger partial charge in [0.2, 0.25) is 0 Å². The van der Waals surface area contributed by atoms with Crippen molar-refractivity contribution >= 4 is 22.7 Å². The highest BCUT2D eigenvalue weighted by atomic mass is 16.6. The summed E-state index contributed by atoms with van der Waals surface area (Å²) >= 11 is 0. The van der Waals surface area contributed by atoms with Gasteiger partial charge >= 0.3 is 0 Å². The van der Waals surface area contributed by atoms with Gasteiger partial charge in [0, 0.05) is 19.2 Å². The maximum atomic E-state index is 11.0. The fourth-order valence-electron chi connectivity index (χ4n) is 1.96. The molecule has 0 aliphatic rings. The first-order valence-electron chi connectivity index (χ1n) is 5.94. The fourth-order valence-corrected chi connectivity index (χ4v) is 1.96. The highest BCUT2D eigenvalue weighted by Crippen LogP contribution is 2.33. The molecule has 0 amide bonds. The molecule has 0 spiro atoms. The van der Waals surface area contributed by atoms with Gasteiger partial charge in [-0.2, -0.15) is 0 Å². The molecule has 0 unspecified atom stereocenters. The van der Waals surface area contributed by atoms with Crippen LogP contribution in [0.2, 0.25) is 0 Å². The number of rotatable bonds is 4. The van der Waals surface area contributed by atoms with Gasteiger partial charge in [-0.05, 0) is 23.3 Å². The van der Waals surface area contributed by atoms with Crippen LogP contribution in [0.5, 0.6) is 0 Å². The maximum Gasteiger partial charge on any atom is 0.292 e. The van der Waals surface area contributed by atoms with Gasteiger partial charge in [-0.25, -0.2) is 0 Å². The number of nitrogen functional groups attached to an aromatic ring is 1. The standard InChI is InChI=1S/C13H12N4O4/c1-15-11-5-3-9(7-13(11)17(20)21)8-2-4-10(14)12(6-8)16(18)19/h2-7,15H,14H2,1H3. The molecule has 0 bridgehead atoms. The molecule has 2 aromatic rings. The molecule has 21 heavy (non-hydrogen) atoms. The SMILES string of the molecule is CNc1ccc(-c2ccc(N)c([N+](=O)[O-])c2)cc1[N+](=O)[O-]. The number of hydrogen-bond acceptors (Lipinski definition) is 6. The Kier molecular flexibility index (Phi) is 3.70. The van der Waals surface area contributed by atoms with Crippen molar-refractivity contribution in [2.75, 3.05) is 18.1 Å². The molecule has 3 N–H and O–H groups in total. The zero-order valence-electron chi connectivity index (χ0n) is 11.1. The average Bonchev–Trinajstić information content (AvgIpc) is 2.46. The second-order valence-corrected chi connectivity index (χ2v) is 4.27. The molecular formula is C13H12N4O4. The van der Waals surface area contributed by atoms with Crippen molar-refractivity contribution in [3.8, 4) is 11.1 Å². The summed E-state index contributed by atoms with van der Waals surface area (Å²) in [5, 5.41) is 24.6. The van der Waals surface area contributed by atoms with Crippen LogP contribution in [0.1, 0.15) is 0 Å². The molecular weight excluding hydrogens is 276 g/mol. The largest absolute Gasteiger partial charge is 0.393 e. The monoisotopic (exact) mass is 288 g/mol. The summed E-state index contributed by atoms with van der Waals surface area (Å²) in [6.07, 6.45) is 0. The van der Waals surface area contributed by atoms with Crippen LogP contribution >= 0.6 is 0 Å². The Morgan fingerprint density at radius 1 is 0.952 bits per heavy atom. The minimum absolute atomic E-state index is 0.0464. The van der Waals surface area contributed by atoms with E-state index >= 15 is 0 Å². The first-order valence-corrected chi connectivity index (χ1v) is 5.94. The van der Waals surface area contributed by atoms with E-state index in [2.05, 4.69) is 5.32 Å². The van der Waals surface area contributed by atoms with Crippen LogP contribution in [0, 0.1) is 20.2 Å². The highest BCUT2D eigenvalue weighted by molar-refractivity contribution is 5.77. The van der Waals surface area contributed by atoms with Crippen LogP contribution in [-0.2, 0) is 0 Å². The second kappa shape index (κ2) is 5.45. The molecule has 0 atom stereocenters. The van der Waals surface area contributed by atoms with Crippen LogP contribution in [0.3, 0.4) is 0 Å². The topological polar surface area (TPSA) is 124 Å². The van der Waals surface area contributed by atoms with E-state index in [0.29, 0.717) is 16.8 Å². The van der Waals surface area contributed by atoms with Gasteiger partial charge in [0.05, 0.1) is 9.85 Å². The van der Waals surface area contributed by atoms with Crippen molar-refractivity contribution in [1.29, 1.82) is 0 Å². The molecule has 0 heterocycles. The van der Waals surface area contributed by atoms with E-state index in [1.54, 1.807) is 25.2 Å². The predicted octanol–water partition coefficient (Wildman–Crippen LogP) is 2.79. The maximum absolute atomic E-state index is 11.0. The van der Waals surface area contributed by atoms with Crippen molar-refractivity contribution in [2.24, 2.45) is 0 Å². The Morgan fingerprint density at radius 2 is 1.48 bits per heavy atom. The molecule has 0 saturated heterocycles. The number of nitrogens with zero attached hydrogens (tertiary/aromatic N) is 2. The van der Waals surface area contributed by atoms with E-state index in [9.17, 15) is 20.2 Å². The van der Waals surface area contributed by atoms with Gasteiger partial charge in [-0.1, -0.05) is 12.1 Å². The van der Waals surface area contributed by atoms with Gasteiger partial charge < -0.3 is 11.1 Å². The summed E-state index contributed by atoms with van der Waals surface area (Å²) in [6.45, 7) is 0. The molecule has 108 valence electrons. The first kappa shape index (κ1) is 14.3. The first-order chi connectivity index (χ1) is 9.93. The smallest absolute Gasteiger partial charge is 0.292 e.